The van der Waals surface area contributed by atoms with Gasteiger partial charge in [0.2, 0.25) is 0 Å². The van der Waals surface area contributed by atoms with Crippen molar-refractivity contribution >= 4 is 34.6 Å². The Morgan fingerprint density at radius 3 is 2.70 bits per heavy atom. The lowest BCUT2D eigenvalue weighted by atomic mass is 10.1. The number of likely N-dealkylation sites (N-methyl/N-ethyl adjacent to an activating group) is 1. The summed E-state index contributed by atoms with van der Waals surface area (Å²) in [6.07, 6.45) is 1.67. The van der Waals surface area contributed by atoms with E-state index in [1.807, 2.05) is 37.6 Å². The van der Waals surface area contributed by atoms with Crippen LogP contribution in [-0.4, -0.2) is 81.2 Å². The number of imidazole rings is 1. The smallest absolute Gasteiger partial charge is 0.315 e. The zero-order chi connectivity index (χ0) is 26.2. The predicted octanol–water partition coefficient (Wildman–Crippen LogP) is 1.91. The number of nitrogens with zero attached hydrogens (tertiary/aromatic N) is 5. The minimum atomic E-state index is -0.748. The molecule has 198 valence electrons. The Labute approximate surface area is 219 Å². The van der Waals surface area contributed by atoms with Gasteiger partial charge >= 0.3 is 6.03 Å². The first kappa shape index (κ1) is 25.6. The van der Waals surface area contributed by atoms with Crippen molar-refractivity contribution in [2.24, 2.45) is 0 Å². The van der Waals surface area contributed by atoms with Gasteiger partial charge in [-0.1, -0.05) is 23.7 Å². The second-order valence-electron chi connectivity index (χ2n) is 9.71. The first-order chi connectivity index (χ1) is 17.7. The number of hydrogen-bond donors (Lipinski definition) is 3. The van der Waals surface area contributed by atoms with Crippen LogP contribution in [0.5, 0.6) is 0 Å². The molecule has 1 aromatic carbocycles. The summed E-state index contributed by atoms with van der Waals surface area (Å²) in [5, 5.41) is 6.39. The van der Waals surface area contributed by atoms with Gasteiger partial charge in [-0.15, -0.1) is 0 Å². The maximum Gasteiger partial charge on any atom is 0.315 e. The van der Waals surface area contributed by atoms with Gasteiger partial charge in [0, 0.05) is 31.2 Å². The number of carbonyl (C=O) groups excluding carboxylic acids is 1. The van der Waals surface area contributed by atoms with Crippen LogP contribution in [0.15, 0.2) is 36.9 Å². The van der Waals surface area contributed by atoms with E-state index in [9.17, 15) is 4.79 Å². The molecular formula is C24H31ClN8O4. The molecule has 4 heterocycles. The Morgan fingerprint density at radius 1 is 1.16 bits per heavy atom. The third-order valence-corrected chi connectivity index (χ3v) is 6.68. The number of nitrogen functional groups attached to an aromatic ring is 1. The van der Waals surface area contributed by atoms with E-state index in [4.69, 9.17) is 31.5 Å². The SMILES string of the molecule is CN(CCNC(=O)NCc1ccc(Cl)cc1)C[C@H]1O[C@@H](n2cnc3c(N)ncnc32)[C@@H]2OC(C)(C)O[C@@H]21. The van der Waals surface area contributed by atoms with Crippen molar-refractivity contribution in [3.8, 4) is 0 Å². The number of amides is 2. The van der Waals surface area contributed by atoms with Gasteiger partial charge in [-0.25, -0.2) is 19.7 Å². The van der Waals surface area contributed by atoms with Crippen LogP contribution in [0, 0.1) is 0 Å². The lowest BCUT2D eigenvalue weighted by molar-refractivity contribution is -0.197. The molecule has 0 radical (unpaired) electrons. The van der Waals surface area contributed by atoms with Gasteiger partial charge in [-0.3, -0.25) is 4.57 Å². The molecule has 12 nitrogen and oxygen atoms in total. The Kier molecular flexibility index (Phi) is 7.19. The van der Waals surface area contributed by atoms with Crippen LogP contribution >= 0.6 is 11.6 Å². The van der Waals surface area contributed by atoms with Crippen LogP contribution in [0.1, 0.15) is 25.6 Å². The number of carbonyl (C=O) groups is 1. The van der Waals surface area contributed by atoms with E-state index in [1.54, 1.807) is 18.5 Å². The number of fused-ring (bicyclic) bond motifs is 2. The molecule has 0 aliphatic carbocycles. The normalized spacial score (nSPS) is 24.5. The van der Waals surface area contributed by atoms with Gasteiger partial charge in [0.25, 0.3) is 0 Å². The first-order valence-electron chi connectivity index (χ1n) is 12.1. The van der Waals surface area contributed by atoms with Crippen LogP contribution in [0.4, 0.5) is 10.6 Å². The number of rotatable bonds is 8. The van der Waals surface area contributed by atoms with Crippen LogP contribution in [0.25, 0.3) is 11.2 Å². The van der Waals surface area contributed by atoms with Crippen molar-refractivity contribution in [2.45, 2.75) is 50.7 Å². The minimum Gasteiger partial charge on any atom is -0.382 e. The average Bonchev–Trinajstić information content (AvgIpc) is 3.51. The van der Waals surface area contributed by atoms with Crippen LogP contribution in [0.2, 0.25) is 5.02 Å². The monoisotopic (exact) mass is 530 g/mol. The largest absolute Gasteiger partial charge is 0.382 e. The summed E-state index contributed by atoms with van der Waals surface area (Å²) in [6.45, 7) is 5.88. The second-order valence-corrected chi connectivity index (χ2v) is 10.1. The molecular weight excluding hydrogens is 500 g/mol. The van der Waals surface area contributed by atoms with Crippen molar-refractivity contribution in [1.29, 1.82) is 0 Å². The molecule has 2 amide bonds. The van der Waals surface area contributed by atoms with E-state index in [1.165, 1.54) is 6.33 Å². The summed E-state index contributed by atoms with van der Waals surface area (Å²) in [6, 6.07) is 7.11. The zero-order valence-electron chi connectivity index (χ0n) is 20.9. The summed E-state index contributed by atoms with van der Waals surface area (Å²) >= 11 is 5.90. The molecule has 37 heavy (non-hydrogen) atoms. The topological polar surface area (TPSA) is 142 Å². The lowest BCUT2D eigenvalue weighted by Crippen LogP contribution is -2.43. The summed E-state index contributed by atoms with van der Waals surface area (Å²) in [7, 11) is 1.97. The number of halogens is 1. The minimum absolute atomic E-state index is 0.233. The van der Waals surface area contributed by atoms with Crippen molar-refractivity contribution < 1.29 is 19.0 Å². The number of benzene rings is 1. The number of urea groups is 1. The molecule has 2 saturated heterocycles. The molecule has 13 heteroatoms. The number of nitrogens with one attached hydrogen (secondary N) is 2. The van der Waals surface area contributed by atoms with Crippen LogP contribution < -0.4 is 16.4 Å². The highest BCUT2D eigenvalue weighted by molar-refractivity contribution is 6.30. The number of nitrogens with two attached hydrogens (primary N) is 1. The molecule has 0 unspecified atom stereocenters. The molecule has 2 aliphatic heterocycles. The average molecular weight is 531 g/mol. The summed E-state index contributed by atoms with van der Waals surface area (Å²) in [5.74, 6) is -0.439. The number of anilines is 1. The fourth-order valence-corrected chi connectivity index (χ4v) is 4.82. The fraction of sp³-hybridized carbons (Fsp3) is 0.500. The van der Waals surface area contributed by atoms with E-state index in [2.05, 4.69) is 30.5 Å². The predicted molar refractivity (Wildman–Crippen MR) is 137 cm³/mol. The molecule has 3 aromatic rings. The van der Waals surface area contributed by atoms with E-state index in [-0.39, 0.29) is 24.3 Å². The maximum absolute atomic E-state index is 12.2. The van der Waals surface area contributed by atoms with Gasteiger partial charge in [0.15, 0.2) is 23.5 Å². The molecule has 0 spiro atoms. The summed E-state index contributed by atoms with van der Waals surface area (Å²) in [5.41, 5.74) is 8.03. The third kappa shape index (κ3) is 5.63. The summed E-state index contributed by atoms with van der Waals surface area (Å²) < 4.78 is 20.7. The second kappa shape index (κ2) is 10.4. The standard InChI is InChI=1S/C24H31ClN8O4/c1-24(2)36-18-16(11-32(3)9-8-27-23(34)28-10-14-4-6-15(25)7-5-14)35-22(19(18)37-24)33-13-31-17-20(26)29-12-30-21(17)33/h4-7,12-13,16,18-19,22H,8-11H2,1-3H3,(H2,26,29,30)(H2,27,28,34)/t16-,18-,19-,22-/m1/s1. The molecule has 2 aliphatic rings. The number of hydrogen-bond acceptors (Lipinski definition) is 9. The van der Waals surface area contributed by atoms with Gasteiger partial charge in [-0.05, 0) is 38.6 Å². The van der Waals surface area contributed by atoms with E-state index in [0.717, 1.165) is 5.56 Å². The Morgan fingerprint density at radius 2 is 1.92 bits per heavy atom. The molecule has 0 bridgehead atoms. The van der Waals surface area contributed by atoms with E-state index >= 15 is 0 Å². The summed E-state index contributed by atoms with van der Waals surface area (Å²) in [4.78, 5) is 27.0. The molecule has 2 aromatic heterocycles. The van der Waals surface area contributed by atoms with Gasteiger partial charge in [0.1, 0.15) is 30.2 Å². The highest BCUT2D eigenvalue weighted by Crippen LogP contribution is 2.44. The molecule has 5 rings (SSSR count). The lowest BCUT2D eigenvalue weighted by Gasteiger charge is -2.27. The van der Waals surface area contributed by atoms with Crippen LogP contribution in [0.3, 0.4) is 0 Å². The first-order valence-corrected chi connectivity index (χ1v) is 12.5. The highest BCUT2D eigenvalue weighted by atomic mass is 35.5. The molecule has 2 fully saturated rings. The van der Waals surface area contributed by atoms with E-state index < -0.39 is 12.0 Å². The Bertz CT molecular complexity index is 1250. The Balaban J connectivity index is 1.16. The van der Waals surface area contributed by atoms with Crippen molar-refractivity contribution in [3.63, 3.8) is 0 Å². The van der Waals surface area contributed by atoms with Crippen molar-refractivity contribution in [2.75, 3.05) is 32.4 Å². The fourth-order valence-electron chi connectivity index (χ4n) is 4.69. The molecule has 0 saturated carbocycles. The number of ether oxygens (including phenoxy) is 3. The van der Waals surface area contributed by atoms with Gasteiger partial charge < -0.3 is 35.5 Å². The maximum atomic E-state index is 12.2. The third-order valence-electron chi connectivity index (χ3n) is 6.42. The van der Waals surface area contributed by atoms with Crippen molar-refractivity contribution in [3.05, 3.63) is 47.5 Å². The highest BCUT2D eigenvalue weighted by Gasteiger charge is 2.56. The molecule has 4 atom stereocenters. The quantitative estimate of drug-likeness (QED) is 0.398. The van der Waals surface area contributed by atoms with Gasteiger partial charge in [0.05, 0.1) is 6.33 Å². The zero-order valence-corrected chi connectivity index (χ0v) is 21.7. The Hall–Kier alpha value is -3.03. The number of aromatic nitrogens is 4. The van der Waals surface area contributed by atoms with Crippen LogP contribution in [-0.2, 0) is 20.8 Å². The molecule has 4 N–H and O–H groups in total. The van der Waals surface area contributed by atoms with Crippen molar-refractivity contribution in [1.82, 2.24) is 35.1 Å². The van der Waals surface area contributed by atoms with Gasteiger partial charge in [-0.2, -0.15) is 0 Å². The van der Waals surface area contributed by atoms with E-state index in [0.29, 0.717) is 48.2 Å².